The number of hydrogen-bond acceptors (Lipinski definition) is 4. The Morgan fingerprint density at radius 3 is 2.76 bits per heavy atom. The molecule has 108 valence electrons. The van der Waals surface area contributed by atoms with Gasteiger partial charge in [0.2, 0.25) is 11.8 Å². The fraction of sp³-hybridized carbons (Fsp3) is 0.200. The molecule has 1 atom stereocenters. The zero-order valence-electron chi connectivity index (χ0n) is 11.7. The van der Waals surface area contributed by atoms with Crippen LogP contribution in [0.2, 0.25) is 0 Å². The lowest BCUT2D eigenvalue weighted by molar-refractivity contribution is 0.399. The average molecular weight is 286 g/mol. The quantitative estimate of drug-likeness (QED) is 0.804. The van der Waals surface area contributed by atoms with Crippen molar-refractivity contribution in [3.8, 4) is 5.88 Å². The molecule has 2 N–H and O–H groups in total. The maximum atomic E-state index is 13.4. The van der Waals surface area contributed by atoms with Crippen LogP contribution in [0.25, 0.3) is 11.2 Å². The second-order valence-electron chi connectivity index (χ2n) is 4.77. The molecule has 5 nitrogen and oxygen atoms in total. The third-order valence-electron chi connectivity index (χ3n) is 3.47. The number of benzene rings is 1. The number of hydrogen-bond donors (Lipinski definition) is 1. The van der Waals surface area contributed by atoms with E-state index in [0.717, 1.165) is 5.56 Å². The number of methoxy groups -OCH3 is 1. The molecule has 6 heteroatoms. The molecule has 1 unspecified atom stereocenters. The summed E-state index contributed by atoms with van der Waals surface area (Å²) >= 11 is 0. The lowest BCUT2D eigenvalue weighted by Crippen LogP contribution is -2.11. The number of imidazole rings is 1. The summed E-state index contributed by atoms with van der Waals surface area (Å²) in [6.45, 7) is 1.92. The molecular formula is C15H15FN4O. The summed E-state index contributed by atoms with van der Waals surface area (Å²) in [6, 6.07) is 9.75. The lowest BCUT2D eigenvalue weighted by atomic mass is 10.1. The highest BCUT2D eigenvalue weighted by Gasteiger charge is 2.17. The van der Waals surface area contributed by atoms with E-state index in [0.29, 0.717) is 23.0 Å². The van der Waals surface area contributed by atoms with Crippen molar-refractivity contribution in [2.75, 3.05) is 12.8 Å². The molecule has 0 saturated carbocycles. The standard InChI is InChI=1S/C15H15FN4O/c1-9(10-4-3-5-11(16)8-10)20-14-12(18-15(20)17)6-7-13(19-14)21-2/h3-9H,1-2H3,(H2,17,18). The van der Waals surface area contributed by atoms with Gasteiger partial charge in [-0.1, -0.05) is 12.1 Å². The summed E-state index contributed by atoms with van der Waals surface area (Å²) in [6.07, 6.45) is 0. The van der Waals surface area contributed by atoms with Gasteiger partial charge >= 0.3 is 0 Å². The van der Waals surface area contributed by atoms with Gasteiger partial charge in [0.25, 0.3) is 0 Å². The lowest BCUT2D eigenvalue weighted by Gasteiger charge is -2.16. The van der Waals surface area contributed by atoms with E-state index in [1.165, 1.54) is 12.1 Å². The van der Waals surface area contributed by atoms with Crippen LogP contribution in [0, 0.1) is 5.82 Å². The average Bonchev–Trinajstić information content (AvgIpc) is 2.81. The molecule has 0 spiro atoms. The molecule has 3 aromatic rings. The second kappa shape index (κ2) is 5.05. The van der Waals surface area contributed by atoms with E-state index >= 15 is 0 Å². The summed E-state index contributed by atoms with van der Waals surface area (Å²) in [4.78, 5) is 8.67. The monoisotopic (exact) mass is 286 g/mol. The van der Waals surface area contributed by atoms with E-state index in [9.17, 15) is 4.39 Å². The van der Waals surface area contributed by atoms with Crippen LogP contribution in [0.15, 0.2) is 36.4 Å². The van der Waals surface area contributed by atoms with E-state index in [1.807, 2.05) is 13.0 Å². The highest BCUT2D eigenvalue weighted by Crippen LogP contribution is 2.27. The van der Waals surface area contributed by atoms with Crippen molar-refractivity contribution in [1.82, 2.24) is 14.5 Å². The van der Waals surface area contributed by atoms with Gasteiger partial charge in [-0.25, -0.2) is 9.37 Å². The molecule has 0 radical (unpaired) electrons. The number of anilines is 1. The molecule has 2 aromatic heterocycles. The van der Waals surface area contributed by atoms with Gasteiger partial charge in [0.05, 0.1) is 13.2 Å². The van der Waals surface area contributed by atoms with Crippen LogP contribution in [0.3, 0.4) is 0 Å². The number of pyridine rings is 1. The topological polar surface area (TPSA) is 66.0 Å². The first-order valence-corrected chi connectivity index (χ1v) is 6.54. The van der Waals surface area contributed by atoms with Crippen molar-refractivity contribution in [2.45, 2.75) is 13.0 Å². The van der Waals surface area contributed by atoms with Crippen LogP contribution in [-0.4, -0.2) is 21.6 Å². The molecule has 0 aliphatic carbocycles. The third kappa shape index (κ3) is 2.29. The van der Waals surface area contributed by atoms with E-state index in [-0.39, 0.29) is 11.9 Å². The second-order valence-corrected chi connectivity index (χ2v) is 4.77. The van der Waals surface area contributed by atoms with Gasteiger partial charge in [0, 0.05) is 6.07 Å². The number of nitrogens with two attached hydrogens (primary N) is 1. The SMILES string of the molecule is COc1ccc2nc(N)n(C(C)c3cccc(F)c3)c2n1. The largest absolute Gasteiger partial charge is 0.481 e. The van der Waals surface area contributed by atoms with Gasteiger partial charge in [-0.15, -0.1) is 0 Å². The van der Waals surface area contributed by atoms with Crippen LogP contribution >= 0.6 is 0 Å². The van der Waals surface area contributed by atoms with Gasteiger partial charge in [-0.05, 0) is 30.7 Å². The Morgan fingerprint density at radius 1 is 1.24 bits per heavy atom. The molecule has 0 amide bonds. The summed E-state index contributed by atoms with van der Waals surface area (Å²) < 4.78 is 20.3. The fourth-order valence-corrected chi connectivity index (χ4v) is 2.39. The van der Waals surface area contributed by atoms with Crippen LogP contribution in [0.5, 0.6) is 5.88 Å². The molecule has 2 heterocycles. The van der Waals surface area contributed by atoms with E-state index < -0.39 is 0 Å². The maximum absolute atomic E-state index is 13.4. The number of fused-ring (bicyclic) bond motifs is 1. The number of nitrogen functional groups attached to an aromatic ring is 1. The third-order valence-corrected chi connectivity index (χ3v) is 3.47. The summed E-state index contributed by atoms with van der Waals surface area (Å²) in [5.74, 6) is 0.533. The van der Waals surface area contributed by atoms with Crippen molar-refractivity contribution in [3.05, 3.63) is 47.8 Å². The van der Waals surface area contributed by atoms with Crippen LogP contribution in [-0.2, 0) is 0 Å². The van der Waals surface area contributed by atoms with Gasteiger partial charge in [0.1, 0.15) is 11.3 Å². The van der Waals surface area contributed by atoms with Crippen molar-refractivity contribution in [1.29, 1.82) is 0 Å². The Bertz CT molecular complexity index is 799. The van der Waals surface area contributed by atoms with Crippen molar-refractivity contribution in [3.63, 3.8) is 0 Å². The van der Waals surface area contributed by atoms with E-state index in [2.05, 4.69) is 9.97 Å². The van der Waals surface area contributed by atoms with E-state index in [1.54, 1.807) is 29.9 Å². The fourth-order valence-electron chi connectivity index (χ4n) is 2.39. The van der Waals surface area contributed by atoms with Crippen LogP contribution < -0.4 is 10.5 Å². The van der Waals surface area contributed by atoms with E-state index in [4.69, 9.17) is 10.5 Å². The zero-order chi connectivity index (χ0) is 15.0. The number of rotatable bonds is 3. The molecule has 0 aliphatic heterocycles. The summed E-state index contributed by atoms with van der Waals surface area (Å²) in [7, 11) is 1.55. The van der Waals surface area contributed by atoms with Gasteiger partial charge in [-0.3, -0.25) is 4.57 Å². The smallest absolute Gasteiger partial charge is 0.215 e. The summed E-state index contributed by atoms with van der Waals surface area (Å²) in [5, 5.41) is 0. The van der Waals surface area contributed by atoms with Crippen molar-refractivity contribution < 1.29 is 9.13 Å². The predicted octanol–water partition coefficient (Wildman–Crippen LogP) is 2.77. The molecular weight excluding hydrogens is 271 g/mol. The minimum absolute atomic E-state index is 0.190. The molecule has 0 fully saturated rings. The number of nitrogens with zero attached hydrogens (tertiary/aromatic N) is 3. The number of ether oxygens (including phenoxy) is 1. The van der Waals surface area contributed by atoms with Crippen molar-refractivity contribution in [2.24, 2.45) is 0 Å². The zero-order valence-corrected chi connectivity index (χ0v) is 11.7. The Labute approximate surface area is 121 Å². The summed E-state index contributed by atoms with van der Waals surface area (Å²) in [5.41, 5.74) is 8.09. The first-order valence-electron chi connectivity index (χ1n) is 6.54. The Kier molecular flexibility index (Phi) is 3.21. The minimum Gasteiger partial charge on any atom is -0.481 e. The predicted molar refractivity (Wildman–Crippen MR) is 78.7 cm³/mol. The molecule has 1 aromatic carbocycles. The molecule has 0 bridgehead atoms. The molecule has 3 rings (SSSR count). The number of halogens is 1. The number of aromatic nitrogens is 3. The van der Waals surface area contributed by atoms with Crippen LogP contribution in [0.1, 0.15) is 18.5 Å². The minimum atomic E-state index is -0.284. The maximum Gasteiger partial charge on any atom is 0.215 e. The first kappa shape index (κ1) is 13.4. The highest BCUT2D eigenvalue weighted by molar-refractivity contribution is 5.75. The Balaban J connectivity index is 2.16. The first-order chi connectivity index (χ1) is 10.1. The van der Waals surface area contributed by atoms with Gasteiger partial charge in [-0.2, -0.15) is 4.98 Å². The van der Waals surface area contributed by atoms with Gasteiger partial charge < -0.3 is 10.5 Å². The Hall–Kier alpha value is -2.63. The molecule has 0 aliphatic rings. The molecule has 0 saturated heterocycles. The Morgan fingerprint density at radius 2 is 2.05 bits per heavy atom. The van der Waals surface area contributed by atoms with Crippen LogP contribution in [0.4, 0.5) is 10.3 Å². The molecule has 21 heavy (non-hydrogen) atoms. The van der Waals surface area contributed by atoms with Gasteiger partial charge in [0.15, 0.2) is 5.65 Å². The highest BCUT2D eigenvalue weighted by atomic mass is 19.1. The van der Waals surface area contributed by atoms with Crippen molar-refractivity contribution >= 4 is 17.1 Å². The normalized spacial score (nSPS) is 12.5.